The van der Waals surface area contributed by atoms with Gasteiger partial charge in [-0.3, -0.25) is 9.69 Å². The minimum Gasteiger partial charge on any atom is -0.439 e. The molecule has 1 amide bonds. The van der Waals surface area contributed by atoms with Crippen LogP contribution in [0.4, 0.5) is 5.95 Å². The number of likely N-dealkylation sites (N-methyl/N-ethyl adjacent to an activating group) is 1. The Labute approximate surface area is 174 Å². The van der Waals surface area contributed by atoms with E-state index in [1.54, 1.807) is 12.3 Å². The van der Waals surface area contributed by atoms with Gasteiger partial charge in [0, 0.05) is 32.4 Å². The van der Waals surface area contributed by atoms with Gasteiger partial charge in [-0.05, 0) is 31.7 Å². The van der Waals surface area contributed by atoms with Crippen molar-refractivity contribution < 1.29 is 9.21 Å². The first kappa shape index (κ1) is 19.8. The number of nitriles is 1. The van der Waals surface area contributed by atoms with E-state index in [-0.39, 0.29) is 5.91 Å². The van der Waals surface area contributed by atoms with Crippen molar-refractivity contribution in [3.63, 3.8) is 0 Å². The second kappa shape index (κ2) is 8.88. The maximum Gasteiger partial charge on any atom is 0.236 e. The summed E-state index contributed by atoms with van der Waals surface area (Å²) in [6.45, 7) is 3.46. The van der Waals surface area contributed by atoms with E-state index >= 15 is 0 Å². The molecule has 0 saturated carbocycles. The predicted molar refractivity (Wildman–Crippen MR) is 111 cm³/mol. The highest BCUT2D eigenvalue weighted by atomic mass is 16.3. The first-order valence-electron chi connectivity index (χ1n) is 9.92. The monoisotopic (exact) mass is 405 g/mol. The fourth-order valence-electron chi connectivity index (χ4n) is 3.41. The zero-order valence-electron chi connectivity index (χ0n) is 16.8. The second-order valence-electron chi connectivity index (χ2n) is 7.29. The van der Waals surface area contributed by atoms with E-state index in [1.807, 2.05) is 41.1 Å². The first-order chi connectivity index (χ1) is 14.6. The summed E-state index contributed by atoms with van der Waals surface area (Å²) in [5, 5.41) is 12.9. The van der Waals surface area contributed by atoms with Crippen molar-refractivity contribution in [2.24, 2.45) is 0 Å². The molecule has 1 aromatic carbocycles. The molecule has 1 saturated heterocycles. The van der Waals surface area contributed by atoms with Crippen LogP contribution in [0.2, 0.25) is 0 Å². The van der Waals surface area contributed by atoms with Gasteiger partial charge in [-0.2, -0.15) is 5.26 Å². The SMILES string of the molecule is CN1CCN(CCCNc2nccc(C(C#N)c3nc4ccccc4o3)n2)C(=O)C1. The van der Waals surface area contributed by atoms with Gasteiger partial charge in [0.25, 0.3) is 0 Å². The van der Waals surface area contributed by atoms with Gasteiger partial charge in [0.1, 0.15) is 5.52 Å². The van der Waals surface area contributed by atoms with Crippen molar-refractivity contribution in [3.8, 4) is 6.07 Å². The number of anilines is 1. The van der Waals surface area contributed by atoms with E-state index in [4.69, 9.17) is 4.42 Å². The molecule has 9 nitrogen and oxygen atoms in total. The Hall–Kier alpha value is -3.51. The number of piperazine rings is 1. The zero-order chi connectivity index (χ0) is 20.9. The van der Waals surface area contributed by atoms with Gasteiger partial charge in [0.2, 0.25) is 17.7 Å². The van der Waals surface area contributed by atoms with Gasteiger partial charge >= 0.3 is 0 Å². The smallest absolute Gasteiger partial charge is 0.236 e. The highest BCUT2D eigenvalue weighted by Crippen LogP contribution is 2.26. The highest BCUT2D eigenvalue weighted by Gasteiger charge is 2.22. The van der Waals surface area contributed by atoms with E-state index in [2.05, 4.69) is 26.3 Å². The fraction of sp³-hybridized carbons (Fsp3) is 0.381. The number of hydrogen-bond donors (Lipinski definition) is 1. The molecule has 3 heterocycles. The fourth-order valence-corrected chi connectivity index (χ4v) is 3.41. The Kier molecular flexibility index (Phi) is 5.86. The van der Waals surface area contributed by atoms with E-state index in [1.165, 1.54) is 0 Å². The number of benzene rings is 1. The van der Waals surface area contributed by atoms with Gasteiger partial charge in [-0.25, -0.2) is 15.0 Å². The summed E-state index contributed by atoms with van der Waals surface area (Å²) in [4.78, 5) is 29.0. The van der Waals surface area contributed by atoms with E-state index in [0.717, 1.165) is 19.5 Å². The largest absolute Gasteiger partial charge is 0.439 e. The second-order valence-corrected chi connectivity index (χ2v) is 7.29. The van der Waals surface area contributed by atoms with Crippen LogP contribution in [0.3, 0.4) is 0 Å². The molecule has 9 heteroatoms. The zero-order valence-corrected chi connectivity index (χ0v) is 16.8. The van der Waals surface area contributed by atoms with Crippen LogP contribution in [0.25, 0.3) is 11.1 Å². The third-order valence-electron chi connectivity index (χ3n) is 5.06. The van der Waals surface area contributed by atoms with Gasteiger partial charge in [0.15, 0.2) is 11.5 Å². The number of rotatable bonds is 7. The average molecular weight is 405 g/mol. The van der Waals surface area contributed by atoms with Crippen molar-refractivity contribution >= 4 is 23.0 Å². The summed E-state index contributed by atoms with van der Waals surface area (Å²) in [6, 6.07) is 11.3. The quantitative estimate of drug-likeness (QED) is 0.593. The van der Waals surface area contributed by atoms with Gasteiger partial charge in [0.05, 0.1) is 18.3 Å². The third-order valence-corrected chi connectivity index (χ3v) is 5.06. The minimum absolute atomic E-state index is 0.164. The van der Waals surface area contributed by atoms with E-state index in [0.29, 0.717) is 48.3 Å². The number of hydrogen-bond acceptors (Lipinski definition) is 8. The summed E-state index contributed by atoms with van der Waals surface area (Å²) < 4.78 is 5.74. The van der Waals surface area contributed by atoms with Crippen molar-refractivity contribution in [1.29, 1.82) is 5.26 Å². The normalized spacial score (nSPS) is 15.9. The Morgan fingerprint density at radius 3 is 2.93 bits per heavy atom. The Morgan fingerprint density at radius 1 is 1.27 bits per heavy atom. The van der Waals surface area contributed by atoms with E-state index < -0.39 is 5.92 Å². The van der Waals surface area contributed by atoms with Crippen LogP contribution in [-0.2, 0) is 4.79 Å². The molecule has 4 rings (SSSR count). The Bertz CT molecular complexity index is 1040. The van der Waals surface area contributed by atoms with Crippen molar-refractivity contribution in [1.82, 2.24) is 24.8 Å². The van der Waals surface area contributed by atoms with Crippen LogP contribution in [0, 0.1) is 11.3 Å². The summed E-state index contributed by atoms with van der Waals surface area (Å²) in [6.07, 6.45) is 2.40. The molecule has 1 unspecified atom stereocenters. The number of nitrogens with zero attached hydrogens (tertiary/aromatic N) is 6. The molecule has 2 aromatic heterocycles. The summed E-state index contributed by atoms with van der Waals surface area (Å²) in [5.41, 5.74) is 1.87. The lowest BCUT2D eigenvalue weighted by Gasteiger charge is -2.32. The predicted octanol–water partition coefficient (Wildman–Crippen LogP) is 1.85. The molecule has 0 spiro atoms. The van der Waals surface area contributed by atoms with Crippen LogP contribution in [0.5, 0.6) is 0 Å². The number of amides is 1. The molecule has 1 aliphatic heterocycles. The summed E-state index contributed by atoms with van der Waals surface area (Å²) in [7, 11) is 1.95. The maximum absolute atomic E-state index is 12.0. The Morgan fingerprint density at radius 2 is 2.13 bits per heavy atom. The number of para-hydroxylation sites is 2. The van der Waals surface area contributed by atoms with Gasteiger partial charge < -0.3 is 14.6 Å². The molecule has 30 heavy (non-hydrogen) atoms. The lowest BCUT2D eigenvalue weighted by molar-refractivity contribution is -0.135. The lowest BCUT2D eigenvalue weighted by Crippen LogP contribution is -2.49. The molecule has 154 valence electrons. The topological polar surface area (TPSA) is 111 Å². The van der Waals surface area contributed by atoms with Crippen LogP contribution in [0.1, 0.15) is 23.9 Å². The number of fused-ring (bicyclic) bond motifs is 1. The average Bonchev–Trinajstić information content (AvgIpc) is 3.17. The first-order valence-corrected chi connectivity index (χ1v) is 9.92. The summed E-state index contributed by atoms with van der Waals surface area (Å²) >= 11 is 0. The molecule has 0 radical (unpaired) electrons. The number of carbonyl (C=O) groups is 1. The molecule has 1 fully saturated rings. The van der Waals surface area contributed by atoms with Crippen molar-refractivity contribution in [3.05, 3.63) is 48.1 Å². The molecule has 1 aliphatic rings. The van der Waals surface area contributed by atoms with Crippen LogP contribution in [0.15, 0.2) is 40.9 Å². The van der Waals surface area contributed by atoms with Crippen molar-refractivity contribution in [2.45, 2.75) is 12.3 Å². The van der Waals surface area contributed by atoms with Crippen LogP contribution >= 0.6 is 0 Å². The molecular weight excluding hydrogens is 382 g/mol. The van der Waals surface area contributed by atoms with Gasteiger partial charge in [-0.15, -0.1) is 0 Å². The van der Waals surface area contributed by atoms with Crippen molar-refractivity contribution in [2.75, 3.05) is 45.1 Å². The highest BCUT2D eigenvalue weighted by molar-refractivity contribution is 5.79. The Balaban J connectivity index is 1.37. The van der Waals surface area contributed by atoms with Crippen LogP contribution < -0.4 is 5.32 Å². The molecule has 3 aromatic rings. The standard InChI is InChI=1S/C21H23N7O2/c1-27-11-12-28(19(29)14-27)10-4-8-23-21-24-9-7-16(26-21)15(13-22)20-25-17-5-2-3-6-18(17)30-20/h2-3,5-7,9,15H,4,8,10-12,14H2,1H3,(H,23,24,26). The summed E-state index contributed by atoms with van der Waals surface area (Å²) in [5.74, 6) is 0.201. The number of oxazole rings is 1. The number of aromatic nitrogens is 3. The molecular formula is C21H23N7O2. The van der Waals surface area contributed by atoms with Crippen LogP contribution in [-0.4, -0.2) is 70.4 Å². The number of nitrogens with one attached hydrogen (secondary N) is 1. The lowest BCUT2D eigenvalue weighted by atomic mass is 10.1. The minimum atomic E-state index is -0.719. The molecule has 0 aliphatic carbocycles. The maximum atomic E-state index is 12.0. The molecule has 1 N–H and O–H groups in total. The molecule has 1 atom stereocenters. The van der Waals surface area contributed by atoms with Gasteiger partial charge in [-0.1, -0.05) is 12.1 Å². The third kappa shape index (κ3) is 4.39. The molecule has 0 bridgehead atoms. The van der Waals surface area contributed by atoms with E-state index in [9.17, 15) is 10.1 Å². The number of carbonyl (C=O) groups excluding carboxylic acids is 1.